The third-order valence-electron chi connectivity index (χ3n) is 4.48. The van der Waals surface area contributed by atoms with Crippen molar-refractivity contribution in [1.29, 1.82) is 0 Å². The fraction of sp³-hybridized carbons (Fsp3) is 0.429. The predicted octanol–water partition coefficient (Wildman–Crippen LogP) is 1.95. The molecule has 0 fully saturated rings. The summed E-state index contributed by atoms with van der Waals surface area (Å²) < 4.78 is 27.7. The highest BCUT2D eigenvalue weighted by Crippen LogP contribution is 2.23. The van der Waals surface area contributed by atoms with Gasteiger partial charge in [-0.05, 0) is 37.1 Å². The molecule has 1 atom stereocenters. The maximum absolute atomic E-state index is 13.2. The SMILES string of the molecule is CCC[NH+](CCC)C[C@H](O)CN(c1ccccc1)S(=O)(=O)c1ccccc1. The number of benzene rings is 2. The van der Waals surface area contributed by atoms with Gasteiger partial charge in [0.1, 0.15) is 12.6 Å². The molecule has 0 spiro atoms. The van der Waals surface area contributed by atoms with Gasteiger partial charge in [0.25, 0.3) is 10.0 Å². The maximum Gasteiger partial charge on any atom is 0.264 e. The predicted molar refractivity (Wildman–Crippen MR) is 110 cm³/mol. The lowest BCUT2D eigenvalue weighted by Crippen LogP contribution is -3.13. The van der Waals surface area contributed by atoms with E-state index in [1.54, 1.807) is 54.6 Å². The van der Waals surface area contributed by atoms with Crippen molar-refractivity contribution in [3.8, 4) is 0 Å². The molecule has 27 heavy (non-hydrogen) atoms. The molecule has 2 aromatic rings. The number of hydrogen-bond donors (Lipinski definition) is 2. The largest absolute Gasteiger partial charge is 0.385 e. The Bertz CT molecular complexity index is 761. The molecule has 0 unspecified atom stereocenters. The summed E-state index contributed by atoms with van der Waals surface area (Å²) in [7, 11) is -3.75. The van der Waals surface area contributed by atoms with Crippen molar-refractivity contribution in [1.82, 2.24) is 0 Å². The molecule has 0 aromatic heterocycles. The van der Waals surface area contributed by atoms with E-state index < -0.39 is 16.1 Å². The van der Waals surface area contributed by atoms with Gasteiger partial charge in [-0.1, -0.05) is 50.2 Å². The molecule has 0 aliphatic carbocycles. The average Bonchev–Trinajstić information content (AvgIpc) is 2.68. The highest BCUT2D eigenvalue weighted by atomic mass is 32.2. The van der Waals surface area contributed by atoms with Crippen molar-refractivity contribution >= 4 is 15.7 Å². The molecule has 2 aromatic carbocycles. The second-order valence-electron chi connectivity index (χ2n) is 6.79. The van der Waals surface area contributed by atoms with Gasteiger partial charge in [0, 0.05) is 0 Å². The van der Waals surface area contributed by atoms with E-state index in [4.69, 9.17) is 0 Å². The number of sulfonamides is 1. The van der Waals surface area contributed by atoms with Gasteiger partial charge >= 0.3 is 0 Å². The van der Waals surface area contributed by atoms with Crippen LogP contribution in [0.25, 0.3) is 0 Å². The van der Waals surface area contributed by atoms with Gasteiger partial charge in [0.05, 0.1) is 30.2 Å². The molecule has 0 saturated heterocycles. The first-order valence-electron chi connectivity index (χ1n) is 9.63. The lowest BCUT2D eigenvalue weighted by molar-refractivity contribution is -0.903. The van der Waals surface area contributed by atoms with Crippen LogP contribution in [0.15, 0.2) is 65.6 Å². The first kappa shape index (κ1) is 21.4. The third kappa shape index (κ3) is 6.06. The highest BCUT2D eigenvalue weighted by molar-refractivity contribution is 7.92. The monoisotopic (exact) mass is 391 g/mol. The zero-order valence-corrected chi connectivity index (χ0v) is 17.0. The van der Waals surface area contributed by atoms with E-state index in [0.29, 0.717) is 12.2 Å². The van der Waals surface area contributed by atoms with Gasteiger partial charge in [-0.3, -0.25) is 4.31 Å². The highest BCUT2D eigenvalue weighted by Gasteiger charge is 2.28. The molecular formula is C21H31N2O3S+. The summed E-state index contributed by atoms with van der Waals surface area (Å²) in [6.07, 6.45) is 1.33. The van der Waals surface area contributed by atoms with Gasteiger partial charge in [-0.25, -0.2) is 8.42 Å². The first-order chi connectivity index (χ1) is 13.0. The summed E-state index contributed by atoms with van der Waals surface area (Å²) in [5.74, 6) is 0. The Balaban J connectivity index is 2.26. The molecule has 0 aliphatic heterocycles. The van der Waals surface area contributed by atoms with E-state index in [0.717, 1.165) is 25.9 Å². The zero-order chi connectivity index (χ0) is 19.7. The van der Waals surface area contributed by atoms with Crippen LogP contribution in [0.5, 0.6) is 0 Å². The smallest absolute Gasteiger partial charge is 0.264 e. The van der Waals surface area contributed by atoms with E-state index in [1.165, 1.54) is 9.21 Å². The number of rotatable bonds is 11. The standard InChI is InChI=1S/C21H30N2O3S/c1-3-15-22(16-4-2)17-20(24)18-23(19-11-7-5-8-12-19)27(25,26)21-13-9-6-10-14-21/h5-14,20,24H,3-4,15-18H2,1-2H3/p+1/t20-/m0/s1. The molecule has 0 radical (unpaired) electrons. The quantitative estimate of drug-likeness (QED) is 0.615. The lowest BCUT2D eigenvalue weighted by atomic mass is 10.2. The molecule has 0 heterocycles. The molecule has 0 bridgehead atoms. The van der Waals surface area contributed by atoms with Crippen molar-refractivity contribution in [3.63, 3.8) is 0 Å². The van der Waals surface area contributed by atoms with E-state index in [2.05, 4.69) is 13.8 Å². The summed E-state index contributed by atoms with van der Waals surface area (Å²) in [5, 5.41) is 10.7. The van der Waals surface area contributed by atoms with E-state index >= 15 is 0 Å². The molecule has 2 N–H and O–H groups in total. The fourth-order valence-electron chi connectivity index (χ4n) is 3.28. The Kier molecular flexibility index (Phi) is 8.28. The van der Waals surface area contributed by atoms with Crippen molar-refractivity contribution in [2.45, 2.75) is 37.7 Å². The van der Waals surface area contributed by atoms with Gasteiger partial charge in [0.2, 0.25) is 0 Å². The van der Waals surface area contributed by atoms with Crippen molar-refractivity contribution in [3.05, 3.63) is 60.7 Å². The summed E-state index contributed by atoms with van der Waals surface area (Å²) >= 11 is 0. The summed E-state index contributed by atoms with van der Waals surface area (Å²) in [6.45, 7) is 6.77. The number of aliphatic hydroxyl groups excluding tert-OH is 1. The Morgan fingerprint density at radius 2 is 1.44 bits per heavy atom. The van der Waals surface area contributed by atoms with Gasteiger partial charge in [0.15, 0.2) is 0 Å². The van der Waals surface area contributed by atoms with Crippen LogP contribution in [-0.4, -0.2) is 45.8 Å². The Labute approximate surface area is 163 Å². The maximum atomic E-state index is 13.2. The molecule has 0 aliphatic rings. The minimum atomic E-state index is -3.75. The number of hydrogen-bond acceptors (Lipinski definition) is 3. The summed E-state index contributed by atoms with van der Waals surface area (Å²) in [4.78, 5) is 1.53. The Hall–Kier alpha value is -1.89. The molecule has 0 saturated carbocycles. The average molecular weight is 392 g/mol. The summed E-state index contributed by atoms with van der Waals surface area (Å²) in [5.41, 5.74) is 0.563. The van der Waals surface area contributed by atoms with Crippen LogP contribution in [0.1, 0.15) is 26.7 Å². The van der Waals surface area contributed by atoms with Crippen LogP contribution in [0.2, 0.25) is 0 Å². The molecule has 0 amide bonds. The number of nitrogens with zero attached hydrogens (tertiary/aromatic N) is 1. The molecular weight excluding hydrogens is 360 g/mol. The second-order valence-corrected chi connectivity index (χ2v) is 8.66. The third-order valence-corrected chi connectivity index (χ3v) is 6.29. The van der Waals surface area contributed by atoms with Crippen LogP contribution in [0.4, 0.5) is 5.69 Å². The van der Waals surface area contributed by atoms with Gasteiger partial charge < -0.3 is 10.0 Å². The Morgan fingerprint density at radius 3 is 1.96 bits per heavy atom. The van der Waals surface area contributed by atoms with Crippen LogP contribution in [0.3, 0.4) is 0 Å². The second kappa shape index (κ2) is 10.4. The summed E-state index contributed by atoms with van der Waals surface area (Å²) in [6, 6.07) is 17.4. The number of quaternary nitrogens is 1. The topological polar surface area (TPSA) is 62.1 Å². The molecule has 2 rings (SSSR count). The number of anilines is 1. The minimum Gasteiger partial charge on any atom is -0.385 e. The van der Waals surface area contributed by atoms with E-state index in [9.17, 15) is 13.5 Å². The van der Waals surface area contributed by atoms with Crippen LogP contribution in [0, 0.1) is 0 Å². The first-order valence-corrected chi connectivity index (χ1v) is 11.1. The molecule has 5 nitrogen and oxygen atoms in total. The van der Waals surface area contributed by atoms with Gasteiger partial charge in [-0.2, -0.15) is 0 Å². The lowest BCUT2D eigenvalue weighted by Gasteiger charge is -2.28. The molecule has 148 valence electrons. The number of nitrogens with one attached hydrogen (secondary N) is 1. The van der Waals surface area contributed by atoms with Crippen molar-refractivity contribution in [2.24, 2.45) is 0 Å². The normalized spacial score (nSPS) is 12.9. The van der Waals surface area contributed by atoms with E-state index in [-0.39, 0.29) is 11.4 Å². The van der Waals surface area contributed by atoms with Gasteiger partial charge in [-0.15, -0.1) is 0 Å². The minimum absolute atomic E-state index is 0.0399. The van der Waals surface area contributed by atoms with Crippen LogP contribution in [-0.2, 0) is 10.0 Å². The Morgan fingerprint density at radius 1 is 0.926 bits per heavy atom. The van der Waals surface area contributed by atoms with Crippen molar-refractivity contribution in [2.75, 3.05) is 30.5 Å². The van der Waals surface area contributed by atoms with Crippen LogP contribution < -0.4 is 9.21 Å². The number of para-hydroxylation sites is 1. The fourth-order valence-corrected chi connectivity index (χ4v) is 4.80. The van der Waals surface area contributed by atoms with Crippen molar-refractivity contribution < 1.29 is 18.4 Å². The van der Waals surface area contributed by atoms with Crippen LogP contribution >= 0.6 is 0 Å². The number of aliphatic hydroxyl groups is 1. The van der Waals surface area contributed by atoms with E-state index in [1.807, 2.05) is 6.07 Å². The molecule has 6 heteroatoms. The zero-order valence-electron chi connectivity index (χ0n) is 16.2.